The van der Waals surface area contributed by atoms with E-state index in [1.807, 2.05) is 42.6 Å². The number of rotatable bonds is 4. The molecule has 0 bridgehead atoms. The van der Waals surface area contributed by atoms with Crippen molar-refractivity contribution in [3.8, 4) is 11.4 Å². The van der Waals surface area contributed by atoms with Gasteiger partial charge in [-0.25, -0.2) is 15.0 Å². The lowest BCUT2D eigenvalue weighted by molar-refractivity contribution is 0.0781. The summed E-state index contributed by atoms with van der Waals surface area (Å²) in [6, 6.07) is 6.04. The first-order valence-electron chi connectivity index (χ1n) is 10.0. The molecule has 1 unspecified atom stereocenters. The molecule has 1 atom stereocenters. The van der Waals surface area contributed by atoms with Crippen LogP contribution in [-0.2, 0) is 5.60 Å². The lowest BCUT2D eigenvalue weighted by atomic mass is 10.0. The fraction of sp³-hybridized carbons (Fsp3) is 0.476. The second kappa shape index (κ2) is 8.67. The van der Waals surface area contributed by atoms with Crippen molar-refractivity contribution in [3.05, 3.63) is 42.4 Å². The van der Waals surface area contributed by atoms with Crippen LogP contribution in [0.4, 0.5) is 5.95 Å². The van der Waals surface area contributed by atoms with Crippen LogP contribution in [0, 0.1) is 0 Å². The molecule has 1 fully saturated rings. The molecule has 3 N–H and O–H groups in total. The van der Waals surface area contributed by atoms with Crippen molar-refractivity contribution in [3.63, 3.8) is 0 Å². The molecule has 1 aliphatic rings. The molecule has 4 rings (SSSR count). The first kappa shape index (κ1) is 20.2. The number of hydrogen-bond acceptors (Lipinski definition) is 6. The quantitative estimate of drug-likeness (QED) is 0.642. The molecule has 1 saturated heterocycles. The Morgan fingerprint density at radius 1 is 1.21 bits per heavy atom. The van der Waals surface area contributed by atoms with E-state index in [1.54, 1.807) is 26.2 Å². The molecule has 28 heavy (non-hydrogen) atoms. The van der Waals surface area contributed by atoms with Gasteiger partial charge in [0.25, 0.3) is 0 Å². The van der Waals surface area contributed by atoms with Crippen LogP contribution in [0.3, 0.4) is 0 Å². The molecule has 3 aromatic rings. The number of pyridine rings is 1. The number of nitrogens with zero attached hydrogens (tertiary/aromatic N) is 4. The van der Waals surface area contributed by atoms with Gasteiger partial charge in [-0.1, -0.05) is 19.9 Å². The standard InChI is InChI=1S/C19H24N6O.C2H6/c1-19(2,26)13-5-6-17-22-11-16(25(17)12-13)15-7-9-21-18(24-15)23-14-4-3-8-20-10-14;1-2/h5-7,9,11-12,14,20,26H,3-4,8,10H2,1-2H3,(H,21,23,24);1-2H3. The topological polar surface area (TPSA) is 87.4 Å². The Bertz CT molecular complexity index is 909. The van der Waals surface area contributed by atoms with Gasteiger partial charge in [0, 0.05) is 25.0 Å². The van der Waals surface area contributed by atoms with Crippen LogP contribution in [-0.4, -0.2) is 43.6 Å². The maximum absolute atomic E-state index is 10.3. The number of fused-ring (bicyclic) bond motifs is 1. The van der Waals surface area contributed by atoms with Crippen LogP contribution < -0.4 is 10.6 Å². The van der Waals surface area contributed by atoms with Gasteiger partial charge in [-0.3, -0.25) is 4.40 Å². The zero-order valence-electron chi connectivity index (χ0n) is 17.1. The predicted molar refractivity (Wildman–Crippen MR) is 112 cm³/mol. The Morgan fingerprint density at radius 3 is 2.75 bits per heavy atom. The van der Waals surface area contributed by atoms with Gasteiger partial charge in [0.1, 0.15) is 5.65 Å². The molecular weight excluding hydrogens is 352 g/mol. The van der Waals surface area contributed by atoms with E-state index < -0.39 is 5.60 Å². The van der Waals surface area contributed by atoms with E-state index in [2.05, 4.69) is 25.6 Å². The average Bonchev–Trinajstić information content (AvgIpc) is 3.13. The average molecular weight is 383 g/mol. The second-order valence-electron chi connectivity index (χ2n) is 7.30. The van der Waals surface area contributed by atoms with E-state index in [0.29, 0.717) is 12.0 Å². The predicted octanol–water partition coefficient (Wildman–Crippen LogP) is 3.21. The monoisotopic (exact) mass is 382 g/mol. The van der Waals surface area contributed by atoms with Crippen molar-refractivity contribution in [1.29, 1.82) is 0 Å². The van der Waals surface area contributed by atoms with Gasteiger partial charge in [-0.15, -0.1) is 0 Å². The smallest absolute Gasteiger partial charge is 0.223 e. The molecule has 150 valence electrons. The minimum Gasteiger partial charge on any atom is -0.386 e. The van der Waals surface area contributed by atoms with Crippen molar-refractivity contribution < 1.29 is 5.11 Å². The summed E-state index contributed by atoms with van der Waals surface area (Å²) in [5.41, 5.74) is 2.40. The Kier molecular flexibility index (Phi) is 6.26. The van der Waals surface area contributed by atoms with Crippen LogP contribution >= 0.6 is 0 Å². The van der Waals surface area contributed by atoms with Gasteiger partial charge >= 0.3 is 0 Å². The number of aromatic nitrogens is 4. The summed E-state index contributed by atoms with van der Waals surface area (Å²) >= 11 is 0. The molecule has 3 aromatic heterocycles. The number of hydrogen-bond donors (Lipinski definition) is 3. The van der Waals surface area contributed by atoms with Crippen molar-refractivity contribution in [1.82, 2.24) is 24.7 Å². The van der Waals surface area contributed by atoms with Crippen LogP contribution in [0.2, 0.25) is 0 Å². The lowest BCUT2D eigenvalue weighted by Gasteiger charge is -2.23. The third-order valence-electron chi connectivity index (χ3n) is 4.76. The van der Waals surface area contributed by atoms with Gasteiger partial charge in [0.15, 0.2) is 0 Å². The fourth-order valence-corrected chi connectivity index (χ4v) is 3.26. The number of piperidine rings is 1. The molecule has 4 heterocycles. The van der Waals surface area contributed by atoms with Crippen molar-refractivity contribution in [2.75, 3.05) is 18.4 Å². The lowest BCUT2D eigenvalue weighted by Crippen LogP contribution is -2.38. The normalized spacial score (nSPS) is 17.1. The summed E-state index contributed by atoms with van der Waals surface area (Å²) in [6.45, 7) is 9.55. The van der Waals surface area contributed by atoms with E-state index in [4.69, 9.17) is 0 Å². The maximum atomic E-state index is 10.3. The van der Waals surface area contributed by atoms with Crippen molar-refractivity contribution >= 4 is 11.6 Å². The number of anilines is 1. The highest BCUT2D eigenvalue weighted by Crippen LogP contribution is 2.24. The Hall–Kier alpha value is -2.51. The molecular formula is C21H30N6O. The SMILES string of the molecule is CC.CC(C)(O)c1ccc2ncc(-c3ccnc(NC4CCCNC4)n3)n2c1. The molecule has 0 amide bonds. The van der Waals surface area contributed by atoms with E-state index in [1.165, 1.54) is 0 Å². The van der Waals surface area contributed by atoms with E-state index in [-0.39, 0.29) is 0 Å². The zero-order valence-corrected chi connectivity index (χ0v) is 17.1. The molecule has 7 heteroatoms. The first-order valence-corrected chi connectivity index (χ1v) is 10.0. The summed E-state index contributed by atoms with van der Waals surface area (Å²) in [6.07, 6.45) is 7.76. The van der Waals surface area contributed by atoms with E-state index in [9.17, 15) is 5.11 Å². The molecule has 0 saturated carbocycles. The molecule has 0 aliphatic carbocycles. The third kappa shape index (κ3) is 4.48. The highest BCUT2D eigenvalue weighted by Gasteiger charge is 2.18. The number of nitrogens with one attached hydrogen (secondary N) is 2. The van der Waals surface area contributed by atoms with Gasteiger partial charge < -0.3 is 15.7 Å². The Labute approximate surface area is 166 Å². The number of aliphatic hydroxyl groups is 1. The molecule has 7 nitrogen and oxygen atoms in total. The van der Waals surface area contributed by atoms with Gasteiger partial charge in [0.05, 0.1) is 23.2 Å². The minimum absolute atomic E-state index is 0.350. The molecule has 1 aliphatic heterocycles. The highest BCUT2D eigenvalue weighted by molar-refractivity contribution is 5.61. The number of imidazole rings is 1. The van der Waals surface area contributed by atoms with Gasteiger partial charge in [-0.05, 0) is 50.9 Å². The van der Waals surface area contributed by atoms with Gasteiger partial charge in [0.2, 0.25) is 5.95 Å². The maximum Gasteiger partial charge on any atom is 0.223 e. The summed E-state index contributed by atoms with van der Waals surface area (Å²) in [7, 11) is 0. The summed E-state index contributed by atoms with van der Waals surface area (Å²) in [5, 5.41) is 17.1. The van der Waals surface area contributed by atoms with Crippen LogP contribution in [0.5, 0.6) is 0 Å². The summed E-state index contributed by atoms with van der Waals surface area (Å²) in [4.78, 5) is 13.5. The molecule has 0 aromatic carbocycles. The van der Waals surface area contributed by atoms with Crippen LogP contribution in [0.25, 0.3) is 17.0 Å². The fourth-order valence-electron chi connectivity index (χ4n) is 3.26. The van der Waals surface area contributed by atoms with E-state index in [0.717, 1.165) is 48.5 Å². The molecule has 0 radical (unpaired) electrons. The van der Waals surface area contributed by atoms with Gasteiger partial charge in [-0.2, -0.15) is 0 Å². The second-order valence-corrected chi connectivity index (χ2v) is 7.30. The third-order valence-corrected chi connectivity index (χ3v) is 4.76. The zero-order chi connectivity index (χ0) is 20.1. The first-order chi connectivity index (χ1) is 13.5. The van der Waals surface area contributed by atoms with Crippen LogP contribution in [0.1, 0.15) is 46.1 Å². The van der Waals surface area contributed by atoms with Crippen molar-refractivity contribution in [2.24, 2.45) is 0 Å². The highest BCUT2D eigenvalue weighted by atomic mass is 16.3. The molecule has 0 spiro atoms. The largest absolute Gasteiger partial charge is 0.386 e. The summed E-state index contributed by atoms with van der Waals surface area (Å²) < 4.78 is 1.96. The van der Waals surface area contributed by atoms with Crippen LogP contribution in [0.15, 0.2) is 36.8 Å². The Morgan fingerprint density at radius 2 is 2.04 bits per heavy atom. The minimum atomic E-state index is -0.915. The Balaban J connectivity index is 0.00000109. The van der Waals surface area contributed by atoms with E-state index >= 15 is 0 Å². The van der Waals surface area contributed by atoms with Crippen molar-refractivity contribution in [2.45, 2.75) is 52.2 Å². The summed E-state index contributed by atoms with van der Waals surface area (Å²) in [5.74, 6) is 0.629.